The third kappa shape index (κ3) is 6.56. The van der Waals surface area contributed by atoms with E-state index in [1.165, 1.54) is 5.56 Å². The summed E-state index contributed by atoms with van der Waals surface area (Å²) in [5, 5.41) is 3.31. The van der Waals surface area contributed by atoms with Crippen LogP contribution < -0.4 is 10.1 Å². The van der Waals surface area contributed by atoms with E-state index in [9.17, 15) is 0 Å². The summed E-state index contributed by atoms with van der Waals surface area (Å²) >= 11 is 1.79. The smallest absolute Gasteiger partial charge is 0.119 e. The first-order chi connectivity index (χ1) is 8.36. The molecule has 4 heteroatoms. The van der Waals surface area contributed by atoms with Crippen LogP contribution in [0.4, 0.5) is 0 Å². The van der Waals surface area contributed by atoms with Gasteiger partial charge in [-0.15, -0.1) is 0 Å². The number of benzene rings is 1. The number of rotatable bonds is 9. The Morgan fingerprint density at radius 2 is 2.18 bits per heavy atom. The maximum Gasteiger partial charge on any atom is 0.119 e. The summed E-state index contributed by atoms with van der Waals surface area (Å²) < 4.78 is 10.6. The number of methoxy groups -OCH3 is 1. The molecular formula is C13H21NO2S. The highest BCUT2D eigenvalue weighted by atomic mass is 32.2. The van der Waals surface area contributed by atoms with Gasteiger partial charge in [-0.1, -0.05) is 12.1 Å². The van der Waals surface area contributed by atoms with Gasteiger partial charge in [-0.3, -0.25) is 0 Å². The molecule has 0 fully saturated rings. The van der Waals surface area contributed by atoms with Gasteiger partial charge in [-0.05, 0) is 24.0 Å². The van der Waals surface area contributed by atoms with Crippen molar-refractivity contribution in [2.24, 2.45) is 0 Å². The maximum atomic E-state index is 5.64. The minimum absolute atomic E-state index is 0.740. The predicted octanol–water partition coefficient (Wildman–Crippen LogP) is 2.16. The second-order valence-corrected chi connectivity index (χ2v) is 4.64. The monoisotopic (exact) mass is 255 g/mol. The third-order valence-corrected chi connectivity index (χ3v) is 2.84. The van der Waals surface area contributed by atoms with Gasteiger partial charge >= 0.3 is 0 Å². The molecule has 0 unspecified atom stereocenters. The van der Waals surface area contributed by atoms with Gasteiger partial charge in [0.25, 0.3) is 0 Å². The average Bonchev–Trinajstić information content (AvgIpc) is 2.36. The SMILES string of the molecule is COCCNCc1cccc(OCCSC)c1. The summed E-state index contributed by atoms with van der Waals surface area (Å²) in [6.07, 6.45) is 2.08. The van der Waals surface area contributed by atoms with Crippen LogP contribution in [0.5, 0.6) is 5.75 Å². The summed E-state index contributed by atoms with van der Waals surface area (Å²) in [6.45, 7) is 3.22. The van der Waals surface area contributed by atoms with Gasteiger partial charge in [0, 0.05) is 26.0 Å². The quantitative estimate of drug-likeness (QED) is 0.685. The van der Waals surface area contributed by atoms with E-state index in [-0.39, 0.29) is 0 Å². The average molecular weight is 255 g/mol. The molecule has 0 spiro atoms. The summed E-state index contributed by atoms with van der Waals surface area (Å²) in [7, 11) is 1.71. The molecule has 0 aliphatic carbocycles. The molecule has 1 aromatic rings. The fraction of sp³-hybridized carbons (Fsp3) is 0.538. The minimum atomic E-state index is 0.740. The Kier molecular flexibility index (Phi) is 7.88. The van der Waals surface area contributed by atoms with Crippen LogP contribution in [0, 0.1) is 0 Å². The topological polar surface area (TPSA) is 30.5 Å². The second kappa shape index (κ2) is 9.33. The van der Waals surface area contributed by atoms with Crippen molar-refractivity contribution in [1.29, 1.82) is 0 Å². The molecule has 0 aromatic heterocycles. The number of hydrogen-bond acceptors (Lipinski definition) is 4. The van der Waals surface area contributed by atoms with E-state index < -0.39 is 0 Å². The second-order valence-electron chi connectivity index (χ2n) is 3.66. The molecule has 0 atom stereocenters. The molecule has 3 nitrogen and oxygen atoms in total. The Labute approximate surface area is 108 Å². The van der Waals surface area contributed by atoms with Crippen molar-refractivity contribution in [1.82, 2.24) is 5.32 Å². The molecule has 17 heavy (non-hydrogen) atoms. The molecule has 0 saturated heterocycles. The Hall–Kier alpha value is -0.710. The Balaban J connectivity index is 2.31. The number of nitrogens with one attached hydrogen (secondary N) is 1. The lowest BCUT2D eigenvalue weighted by molar-refractivity contribution is 0.199. The van der Waals surface area contributed by atoms with Crippen molar-refractivity contribution in [2.45, 2.75) is 6.54 Å². The Morgan fingerprint density at radius 1 is 1.29 bits per heavy atom. The molecule has 96 valence electrons. The van der Waals surface area contributed by atoms with Crippen molar-refractivity contribution in [3.8, 4) is 5.75 Å². The first-order valence-electron chi connectivity index (χ1n) is 5.77. The fourth-order valence-corrected chi connectivity index (χ4v) is 1.65. The predicted molar refractivity (Wildman–Crippen MR) is 73.9 cm³/mol. The molecule has 0 radical (unpaired) electrons. The van der Waals surface area contributed by atoms with Crippen LogP contribution in [0.15, 0.2) is 24.3 Å². The molecule has 1 aromatic carbocycles. The van der Waals surface area contributed by atoms with Crippen molar-refractivity contribution in [3.63, 3.8) is 0 Å². The lowest BCUT2D eigenvalue weighted by Crippen LogP contribution is -2.18. The van der Waals surface area contributed by atoms with Gasteiger partial charge in [0.05, 0.1) is 13.2 Å². The van der Waals surface area contributed by atoms with Gasteiger partial charge in [0.2, 0.25) is 0 Å². The summed E-state index contributed by atoms with van der Waals surface area (Å²) in [4.78, 5) is 0. The Bertz CT molecular complexity index is 307. The highest BCUT2D eigenvalue weighted by molar-refractivity contribution is 7.98. The van der Waals surface area contributed by atoms with Gasteiger partial charge in [-0.2, -0.15) is 11.8 Å². The van der Waals surface area contributed by atoms with Crippen LogP contribution in [0.25, 0.3) is 0 Å². The highest BCUT2D eigenvalue weighted by Gasteiger charge is 1.97. The number of thioether (sulfide) groups is 1. The van der Waals surface area contributed by atoms with Crippen molar-refractivity contribution in [3.05, 3.63) is 29.8 Å². The van der Waals surface area contributed by atoms with Crippen molar-refractivity contribution < 1.29 is 9.47 Å². The van der Waals surface area contributed by atoms with Crippen LogP contribution in [0.1, 0.15) is 5.56 Å². The lowest BCUT2D eigenvalue weighted by Gasteiger charge is -2.08. The first-order valence-corrected chi connectivity index (χ1v) is 7.16. The molecule has 1 N–H and O–H groups in total. The van der Waals surface area contributed by atoms with Crippen molar-refractivity contribution in [2.75, 3.05) is 38.9 Å². The highest BCUT2D eigenvalue weighted by Crippen LogP contribution is 2.13. The molecule has 1 rings (SSSR count). The van der Waals surface area contributed by atoms with E-state index in [2.05, 4.69) is 23.7 Å². The van der Waals surface area contributed by atoms with Crippen LogP contribution in [-0.2, 0) is 11.3 Å². The zero-order valence-electron chi connectivity index (χ0n) is 10.6. The Morgan fingerprint density at radius 3 is 2.94 bits per heavy atom. The van der Waals surface area contributed by atoms with Gasteiger partial charge < -0.3 is 14.8 Å². The van der Waals surface area contributed by atoms with E-state index in [0.717, 1.165) is 37.8 Å². The van der Waals surface area contributed by atoms with Gasteiger partial charge in [0.15, 0.2) is 0 Å². The lowest BCUT2D eigenvalue weighted by atomic mass is 10.2. The molecule has 0 aliphatic rings. The van der Waals surface area contributed by atoms with Crippen LogP contribution in [0.2, 0.25) is 0 Å². The molecule has 0 aliphatic heterocycles. The molecule has 0 bridgehead atoms. The standard InChI is InChI=1S/C13H21NO2S/c1-15-7-6-14-11-12-4-3-5-13(10-12)16-8-9-17-2/h3-5,10,14H,6-9,11H2,1-2H3. The third-order valence-electron chi connectivity index (χ3n) is 2.27. The normalized spacial score (nSPS) is 10.5. The molecular weight excluding hydrogens is 234 g/mol. The zero-order valence-corrected chi connectivity index (χ0v) is 11.4. The maximum absolute atomic E-state index is 5.64. The van der Waals surface area contributed by atoms with E-state index in [1.807, 2.05) is 12.1 Å². The van der Waals surface area contributed by atoms with Gasteiger partial charge in [-0.25, -0.2) is 0 Å². The van der Waals surface area contributed by atoms with Crippen LogP contribution in [0.3, 0.4) is 0 Å². The van der Waals surface area contributed by atoms with E-state index in [4.69, 9.17) is 9.47 Å². The van der Waals surface area contributed by atoms with Gasteiger partial charge in [0.1, 0.15) is 5.75 Å². The first kappa shape index (κ1) is 14.4. The number of hydrogen-bond donors (Lipinski definition) is 1. The van der Waals surface area contributed by atoms with E-state index in [1.54, 1.807) is 18.9 Å². The largest absolute Gasteiger partial charge is 0.493 e. The van der Waals surface area contributed by atoms with E-state index >= 15 is 0 Å². The number of ether oxygens (including phenoxy) is 2. The molecule has 0 saturated carbocycles. The summed E-state index contributed by atoms with van der Waals surface area (Å²) in [5.74, 6) is 1.97. The van der Waals surface area contributed by atoms with Crippen LogP contribution >= 0.6 is 11.8 Å². The summed E-state index contributed by atoms with van der Waals surface area (Å²) in [5.41, 5.74) is 1.24. The fourth-order valence-electron chi connectivity index (χ4n) is 1.40. The summed E-state index contributed by atoms with van der Waals surface area (Å²) in [6, 6.07) is 8.21. The zero-order chi connectivity index (χ0) is 12.3. The molecule has 0 amide bonds. The minimum Gasteiger partial charge on any atom is -0.493 e. The van der Waals surface area contributed by atoms with Crippen LogP contribution in [-0.4, -0.2) is 38.9 Å². The van der Waals surface area contributed by atoms with E-state index in [0.29, 0.717) is 0 Å². The van der Waals surface area contributed by atoms with Crippen molar-refractivity contribution >= 4 is 11.8 Å². The molecule has 0 heterocycles.